The summed E-state index contributed by atoms with van der Waals surface area (Å²) in [5, 5.41) is 13.0. The summed E-state index contributed by atoms with van der Waals surface area (Å²) in [6.07, 6.45) is 7.30. The van der Waals surface area contributed by atoms with Crippen LogP contribution in [0.3, 0.4) is 0 Å². The molecule has 5 aliphatic rings. The lowest BCUT2D eigenvalue weighted by Crippen LogP contribution is -2.62. The fourth-order valence-electron chi connectivity index (χ4n) is 8.68. The Kier molecular flexibility index (Phi) is 11.0. The molecule has 0 radical (unpaired) electrons. The molecule has 7 atom stereocenters. The van der Waals surface area contributed by atoms with Gasteiger partial charge < -0.3 is 24.8 Å². The molecule has 0 spiro atoms. The Hall–Kier alpha value is -4.47. The van der Waals surface area contributed by atoms with E-state index >= 15 is 4.79 Å². The third-order valence-electron chi connectivity index (χ3n) is 12.3. The average Bonchev–Trinajstić information content (AvgIpc) is 4.04. The summed E-state index contributed by atoms with van der Waals surface area (Å²) in [5.74, 6) is -1.59. The summed E-state index contributed by atoms with van der Waals surface area (Å²) in [7, 11) is -2.34. The summed E-state index contributed by atoms with van der Waals surface area (Å²) in [4.78, 5) is 69.3. The minimum absolute atomic E-state index is 0.0189. The first kappa shape index (κ1) is 40.7. The van der Waals surface area contributed by atoms with Gasteiger partial charge in [-0.05, 0) is 96.1 Å². The Labute approximate surface area is 334 Å². The standard InChI is InChI=1S/C41H56N6O9S/c1-7-24-18-23(2)10-8-9-11-26-21-41(26,38(50)45-57(53,54)29-15-16-29)44-35(48)32-20-28(22-46(32)37(49)34(24)47(39(51)52)40(3,4)5)56-36-33(25-12-13-25)42-31-19-27(55-6)14-17-30(31)43-36/h9,11,14,17,19,23-26,28-29,32,34H,7-8,10,12-13,15-16,18,20-22H2,1-6H3,(H,44,48)(H,45,50)(H,51,52)/t23-,24-,26-,28-,32+,34+,41-/m1/s1. The zero-order chi connectivity index (χ0) is 41.0. The molecule has 0 unspecified atom stereocenters. The molecular formula is C41H56N6O9S. The number of rotatable bonds is 9. The number of hydrogen-bond donors (Lipinski definition) is 3. The molecule has 310 valence electrons. The maximum absolute atomic E-state index is 15.2. The van der Waals surface area contributed by atoms with E-state index in [0.29, 0.717) is 60.5 Å². The quantitative estimate of drug-likeness (QED) is 0.292. The van der Waals surface area contributed by atoms with Gasteiger partial charge >= 0.3 is 6.09 Å². The zero-order valence-corrected chi connectivity index (χ0v) is 34.5. The Bertz CT molecular complexity index is 2060. The van der Waals surface area contributed by atoms with Crippen LogP contribution in [-0.2, 0) is 24.4 Å². The molecular weight excluding hydrogens is 753 g/mol. The van der Waals surface area contributed by atoms with Gasteiger partial charge in [0.2, 0.25) is 27.7 Å². The van der Waals surface area contributed by atoms with E-state index < -0.39 is 74.3 Å². The highest BCUT2D eigenvalue weighted by Crippen LogP contribution is 2.47. The van der Waals surface area contributed by atoms with Gasteiger partial charge in [0, 0.05) is 29.9 Å². The topological polar surface area (TPSA) is 197 Å². The largest absolute Gasteiger partial charge is 0.497 e. The highest BCUT2D eigenvalue weighted by Gasteiger charge is 2.62. The molecule has 2 aliphatic heterocycles. The van der Waals surface area contributed by atoms with Crippen molar-refractivity contribution in [1.29, 1.82) is 0 Å². The number of carboxylic acid groups (broad SMARTS) is 1. The molecule has 16 heteroatoms. The van der Waals surface area contributed by atoms with Crippen LogP contribution in [0.1, 0.15) is 110 Å². The van der Waals surface area contributed by atoms with Gasteiger partial charge in [0.15, 0.2) is 0 Å². The summed E-state index contributed by atoms with van der Waals surface area (Å²) >= 11 is 0. The summed E-state index contributed by atoms with van der Waals surface area (Å²) in [6.45, 7) is 9.24. The second-order valence-corrected chi connectivity index (χ2v) is 19.7. The van der Waals surface area contributed by atoms with Gasteiger partial charge in [-0.3, -0.25) is 24.0 Å². The number of sulfonamides is 1. The smallest absolute Gasteiger partial charge is 0.408 e. The van der Waals surface area contributed by atoms with Crippen molar-refractivity contribution < 1.29 is 42.2 Å². The van der Waals surface area contributed by atoms with Crippen molar-refractivity contribution in [3.8, 4) is 11.6 Å². The Morgan fingerprint density at radius 3 is 2.46 bits per heavy atom. The average molecular weight is 809 g/mol. The number of nitrogens with one attached hydrogen (secondary N) is 2. The number of hydrogen-bond acceptors (Lipinski definition) is 10. The van der Waals surface area contributed by atoms with Crippen LogP contribution in [0, 0.1) is 17.8 Å². The number of allylic oxidation sites excluding steroid dienone is 1. The number of methoxy groups -OCH3 is 1. The van der Waals surface area contributed by atoms with Crippen LogP contribution in [0.2, 0.25) is 0 Å². The lowest BCUT2D eigenvalue weighted by atomic mass is 9.82. The van der Waals surface area contributed by atoms with Crippen LogP contribution in [0.15, 0.2) is 30.4 Å². The van der Waals surface area contributed by atoms with E-state index in [2.05, 4.69) is 17.0 Å². The number of aromatic nitrogens is 2. The number of fused-ring (bicyclic) bond motifs is 3. The maximum atomic E-state index is 15.2. The molecule has 2 aromatic rings. The lowest BCUT2D eigenvalue weighted by Gasteiger charge is -2.44. The fourth-order valence-corrected chi connectivity index (χ4v) is 10.0. The van der Waals surface area contributed by atoms with Crippen LogP contribution < -0.4 is 19.5 Å². The first-order chi connectivity index (χ1) is 26.9. The Morgan fingerprint density at radius 2 is 1.82 bits per heavy atom. The van der Waals surface area contributed by atoms with Crippen molar-refractivity contribution >= 4 is 44.9 Å². The molecule has 3 heterocycles. The fraction of sp³-hybridized carbons (Fsp3) is 0.659. The van der Waals surface area contributed by atoms with Crippen molar-refractivity contribution in [2.24, 2.45) is 17.8 Å². The lowest BCUT2D eigenvalue weighted by molar-refractivity contribution is -0.146. The van der Waals surface area contributed by atoms with Gasteiger partial charge in [0.05, 0.1) is 29.9 Å². The van der Waals surface area contributed by atoms with E-state index in [1.807, 2.05) is 25.1 Å². The van der Waals surface area contributed by atoms with Crippen molar-refractivity contribution in [2.75, 3.05) is 13.7 Å². The van der Waals surface area contributed by atoms with Crippen LogP contribution in [-0.4, -0.2) is 105 Å². The van der Waals surface area contributed by atoms with Crippen molar-refractivity contribution in [2.45, 2.75) is 139 Å². The highest BCUT2D eigenvalue weighted by molar-refractivity contribution is 7.91. The van der Waals surface area contributed by atoms with Gasteiger partial charge in [-0.1, -0.05) is 32.4 Å². The predicted octanol–water partition coefficient (Wildman–Crippen LogP) is 4.90. The van der Waals surface area contributed by atoms with E-state index in [1.165, 1.54) is 9.80 Å². The molecule has 4 amide bonds. The number of nitrogens with zero attached hydrogens (tertiary/aromatic N) is 4. The van der Waals surface area contributed by atoms with Gasteiger partial charge in [-0.25, -0.2) is 23.2 Å². The SMILES string of the molecule is CC[C@@H]1C[C@H](C)CCC=C[C@@H]2C[C@@]2(C(=O)NS(=O)(=O)C2CC2)NC(=O)[C@@H]2C[C@@H](Oc3nc4ccc(OC)cc4nc3C3CC3)CN2C(=O)[C@H]1N(C(=O)O)C(C)(C)C. The van der Waals surface area contributed by atoms with Crippen LogP contribution in [0.5, 0.6) is 11.6 Å². The summed E-state index contributed by atoms with van der Waals surface area (Å²) in [6, 6.07) is 3.08. The molecule has 4 fully saturated rings. The molecule has 57 heavy (non-hydrogen) atoms. The van der Waals surface area contributed by atoms with Crippen LogP contribution in [0.25, 0.3) is 11.0 Å². The minimum Gasteiger partial charge on any atom is -0.497 e. The maximum Gasteiger partial charge on any atom is 0.408 e. The zero-order valence-electron chi connectivity index (χ0n) is 33.7. The minimum atomic E-state index is -3.92. The normalized spacial score (nSPS) is 29.7. The molecule has 15 nitrogen and oxygen atoms in total. The summed E-state index contributed by atoms with van der Waals surface area (Å²) < 4.78 is 40.2. The molecule has 1 saturated heterocycles. The molecule has 3 N–H and O–H groups in total. The van der Waals surface area contributed by atoms with E-state index in [-0.39, 0.29) is 37.1 Å². The number of ether oxygens (including phenoxy) is 2. The number of carbonyl (C=O) groups excluding carboxylic acids is 3. The first-order valence-electron chi connectivity index (χ1n) is 20.4. The van der Waals surface area contributed by atoms with Crippen LogP contribution >= 0.6 is 0 Å². The van der Waals surface area contributed by atoms with E-state index in [1.54, 1.807) is 40.0 Å². The Balaban J connectivity index is 1.28. The van der Waals surface area contributed by atoms with Gasteiger partial charge in [0.1, 0.15) is 35.2 Å². The van der Waals surface area contributed by atoms with Gasteiger partial charge in [-0.15, -0.1) is 0 Å². The van der Waals surface area contributed by atoms with E-state index in [0.717, 1.165) is 19.3 Å². The second kappa shape index (κ2) is 15.4. The van der Waals surface area contributed by atoms with Gasteiger partial charge in [0.25, 0.3) is 5.91 Å². The van der Waals surface area contributed by atoms with Gasteiger partial charge in [-0.2, -0.15) is 0 Å². The monoisotopic (exact) mass is 808 g/mol. The van der Waals surface area contributed by atoms with E-state index in [9.17, 15) is 27.9 Å². The third kappa shape index (κ3) is 8.42. The third-order valence-corrected chi connectivity index (χ3v) is 14.1. The number of amides is 4. The number of benzene rings is 1. The molecule has 1 aromatic heterocycles. The number of carbonyl (C=O) groups is 4. The van der Waals surface area contributed by atoms with Crippen molar-refractivity contribution in [3.05, 3.63) is 36.0 Å². The highest BCUT2D eigenvalue weighted by atomic mass is 32.2. The first-order valence-corrected chi connectivity index (χ1v) is 21.9. The van der Waals surface area contributed by atoms with E-state index in [4.69, 9.17) is 19.4 Å². The summed E-state index contributed by atoms with van der Waals surface area (Å²) in [5.41, 5.74) is -0.597. The molecule has 3 aliphatic carbocycles. The Morgan fingerprint density at radius 1 is 1.09 bits per heavy atom. The molecule has 3 saturated carbocycles. The second-order valence-electron chi connectivity index (χ2n) is 17.8. The predicted molar refractivity (Wildman–Crippen MR) is 211 cm³/mol. The molecule has 0 bridgehead atoms. The molecule has 7 rings (SSSR count). The van der Waals surface area contributed by atoms with Crippen LogP contribution in [0.4, 0.5) is 4.79 Å². The van der Waals surface area contributed by atoms with Crippen molar-refractivity contribution in [1.82, 2.24) is 29.8 Å². The van der Waals surface area contributed by atoms with Crippen molar-refractivity contribution in [3.63, 3.8) is 0 Å². The molecule has 1 aromatic carbocycles.